The minimum Gasteiger partial charge on any atom is -0.315 e. The Bertz CT molecular complexity index is 920. The van der Waals surface area contributed by atoms with Crippen molar-refractivity contribution < 1.29 is 13.2 Å². The van der Waals surface area contributed by atoms with Crippen molar-refractivity contribution in [2.45, 2.75) is 37.5 Å². The number of nitrogens with zero attached hydrogens (tertiary/aromatic N) is 1. The quantitative estimate of drug-likeness (QED) is 0.909. The fourth-order valence-electron chi connectivity index (χ4n) is 3.10. The topological polar surface area (TPSA) is 66.5 Å². The predicted molar refractivity (Wildman–Crippen MR) is 99.5 cm³/mol. The maximum atomic E-state index is 12.8. The van der Waals surface area contributed by atoms with Crippen molar-refractivity contribution in [3.8, 4) is 0 Å². The van der Waals surface area contributed by atoms with Crippen LogP contribution in [0.25, 0.3) is 0 Å². The Morgan fingerprint density at radius 3 is 2.52 bits per heavy atom. The van der Waals surface area contributed by atoms with Crippen molar-refractivity contribution in [1.29, 1.82) is 0 Å². The number of carbonyl (C=O) groups is 1. The second-order valence-electron chi connectivity index (χ2n) is 6.59. The first-order chi connectivity index (χ1) is 11.8. The van der Waals surface area contributed by atoms with E-state index in [9.17, 15) is 13.2 Å². The summed E-state index contributed by atoms with van der Waals surface area (Å²) in [5, 5.41) is 0. The number of benzene rings is 2. The number of sulfonamides is 1. The smallest absolute Gasteiger partial charge is 0.261 e. The Morgan fingerprint density at radius 1 is 1.08 bits per heavy atom. The van der Waals surface area contributed by atoms with Crippen LogP contribution in [0.5, 0.6) is 0 Å². The summed E-state index contributed by atoms with van der Waals surface area (Å²) in [5.41, 5.74) is 3.21. The summed E-state index contributed by atoms with van der Waals surface area (Å²) in [6.07, 6.45) is 0.959. The lowest BCUT2D eigenvalue weighted by Crippen LogP contribution is -2.31. The number of nitrogens with one attached hydrogen (secondary N) is 1. The fraction of sp³-hybridized carbons (Fsp3) is 0.316. The summed E-state index contributed by atoms with van der Waals surface area (Å²) in [5.74, 6) is 0.259. The molecule has 0 fully saturated rings. The highest BCUT2D eigenvalue weighted by atomic mass is 32.2. The second-order valence-corrected chi connectivity index (χ2v) is 8.27. The zero-order valence-electron chi connectivity index (χ0n) is 14.6. The van der Waals surface area contributed by atoms with Crippen LogP contribution in [0.2, 0.25) is 0 Å². The summed E-state index contributed by atoms with van der Waals surface area (Å²) in [7, 11) is -1.97. The van der Waals surface area contributed by atoms with Gasteiger partial charge in [-0.3, -0.25) is 9.52 Å². The number of amides is 1. The molecule has 0 saturated carbocycles. The van der Waals surface area contributed by atoms with Crippen LogP contribution in [-0.4, -0.2) is 21.4 Å². The normalized spacial score (nSPS) is 14.6. The molecule has 1 aliphatic rings. The van der Waals surface area contributed by atoms with Gasteiger partial charge in [0.05, 0.1) is 10.6 Å². The number of para-hydroxylation sites is 1. The minimum absolute atomic E-state index is 0.0482. The highest BCUT2D eigenvalue weighted by molar-refractivity contribution is 7.92. The van der Waals surface area contributed by atoms with Crippen LogP contribution in [0.4, 0.5) is 11.4 Å². The van der Waals surface area contributed by atoms with E-state index in [0.717, 1.165) is 16.8 Å². The van der Waals surface area contributed by atoms with E-state index in [2.05, 4.69) is 4.72 Å². The van der Waals surface area contributed by atoms with Gasteiger partial charge in [0.2, 0.25) is 5.91 Å². The third-order valence-electron chi connectivity index (χ3n) is 4.53. The van der Waals surface area contributed by atoms with Crippen LogP contribution >= 0.6 is 0 Å². The number of hydrogen-bond donors (Lipinski definition) is 1. The first kappa shape index (κ1) is 17.5. The largest absolute Gasteiger partial charge is 0.315 e. The van der Waals surface area contributed by atoms with Crippen molar-refractivity contribution in [3.63, 3.8) is 0 Å². The van der Waals surface area contributed by atoms with E-state index in [4.69, 9.17) is 0 Å². The Labute approximate surface area is 148 Å². The van der Waals surface area contributed by atoms with Crippen LogP contribution in [-0.2, 0) is 21.2 Å². The zero-order chi connectivity index (χ0) is 18.2. The summed E-state index contributed by atoms with van der Waals surface area (Å²) in [6.45, 7) is 4.05. The van der Waals surface area contributed by atoms with E-state index in [1.807, 2.05) is 32.0 Å². The Kier molecular flexibility index (Phi) is 4.56. The van der Waals surface area contributed by atoms with E-state index in [1.54, 1.807) is 36.2 Å². The molecule has 0 spiro atoms. The average Bonchev–Trinajstić information content (AvgIpc) is 2.58. The third kappa shape index (κ3) is 3.39. The Balaban J connectivity index is 1.95. The summed E-state index contributed by atoms with van der Waals surface area (Å²) < 4.78 is 28.3. The molecule has 0 unspecified atom stereocenters. The molecule has 0 radical (unpaired) electrons. The number of hydrogen-bond acceptors (Lipinski definition) is 3. The molecule has 0 aromatic heterocycles. The van der Waals surface area contributed by atoms with Gasteiger partial charge in [0.15, 0.2) is 0 Å². The van der Waals surface area contributed by atoms with Gasteiger partial charge >= 0.3 is 0 Å². The first-order valence-electron chi connectivity index (χ1n) is 8.31. The van der Waals surface area contributed by atoms with Gasteiger partial charge in [-0.2, -0.15) is 0 Å². The molecule has 2 aromatic carbocycles. The van der Waals surface area contributed by atoms with E-state index < -0.39 is 10.0 Å². The van der Waals surface area contributed by atoms with Crippen molar-refractivity contribution in [2.75, 3.05) is 16.7 Å². The standard InChI is InChI=1S/C19H22N2O3S/c1-13(2)16-6-4-5-7-17(16)20-25(23,24)15-9-10-18-14(12-15)8-11-19(22)21(18)3/h4-7,9-10,12-13,20H,8,11H2,1-3H3. The van der Waals surface area contributed by atoms with Crippen LogP contribution in [0.15, 0.2) is 47.4 Å². The van der Waals surface area contributed by atoms with Gasteiger partial charge in [0.1, 0.15) is 0 Å². The van der Waals surface area contributed by atoms with Gasteiger partial charge in [-0.25, -0.2) is 8.42 Å². The molecule has 1 amide bonds. The highest BCUT2D eigenvalue weighted by Gasteiger charge is 2.24. The van der Waals surface area contributed by atoms with Crippen molar-refractivity contribution in [1.82, 2.24) is 0 Å². The SMILES string of the molecule is CC(C)c1ccccc1NS(=O)(=O)c1ccc2c(c1)CCC(=O)N2C. The molecular formula is C19H22N2O3S. The van der Waals surface area contributed by atoms with Gasteiger partial charge < -0.3 is 4.90 Å². The molecule has 0 atom stereocenters. The van der Waals surface area contributed by atoms with Crippen LogP contribution < -0.4 is 9.62 Å². The summed E-state index contributed by atoms with van der Waals surface area (Å²) in [4.78, 5) is 13.6. The van der Waals surface area contributed by atoms with Gasteiger partial charge in [0.25, 0.3) is 10.0 Å². The lowest BCUT2D eigenvalue weighted by Gasteiger charge is -2.26. The molecule has 1 heterocycles. The molecule has 132 valence electrons. The molecular weight excluding hydrogens is 336 g/mol. The van der Waals surface area contributed by atoms with Crippen molar-refractivity contribution >= 4 is 27.3 Å². The average molecular weight is 358 g/mol. The number of rotatable bonds is 4. The fourth-order valence-corrected chi connectivity index (χ4v) is 4.24. The molecule has 6 heteroatoms. The molecule has 25 heavy (non-hydrogen) atoms. The first-order valence-corrected chi connectivity index (χ1v) is 9.79. The van der Waals surface area contributed by atoms with E-state index in [0.29, 0.717) is 18.5 Å². The summed E-state index contributed by atoms with van der Waals surface area (Å²) in [6, 6.07) is 12.3. The monoisotopic (exact) mass is 358 g/mol. The van der Waals surface area contributed by atoms with E-state index >= 15 is 0 Å². The molecule has 3 rings (SSSR count). The second kappa shape index (κ2) is 6.52. The van der Waals surface area contributed by atoms with E-state index in [-0.39, 0.29) is 16.7 Å². The molecule has 0 saturated heterocycles. The lowest BCUT2D eigenvalue weighted by atomic mass is 10.0. The maximum absolute atomic E-state index is 12.8. The Hall–Kier alpha value is -2.34. The predicted octanol–water partition coefficient (Wildman–Crippen LogP) is 3.52. The number of aryl methyl sites for hydroxylation is 1. The lowest BCUT2D eigenvalue weighted by molar-refractivity contribution is -0.118. The van der Waals surface area contributed by atoms with Crippen LogP contribution in [0, 0.1) is 0 Å². The molecule has 1 aliphatic heterocycles. The number of fused-ring (bicyclic) bond motifs is 1. The molecule has 1 N–H and O–H groups in total. The highest BCUT2D eigenvalue weighted by Crippen LogP contribution is 2.31. The number of carbonyl (C=O) groups excluding carboxylic acids is 1. The molecule has 5 nitrogen and oxygen atoms in total. The van der Waals surface area contributed by atoms with Gasteiger partial charge in [-0.05, 0) is 47.7 Å². The zero-order valence-corrected chi connectivity index (χ0v) is 15.4. The Morgan fingerprint density at radius 2 is 1.80 bits per heavy atom. The van der Waals surface area contributed by atoms with E-state index in [1.165, 1.54) is 0 Å². The van der Waals surface area contributed by atoms with Crippen molar-refractivity contribution in [2.24, 2.45) is 0 Å². The third-order valence-corrected chi connectivity index (χ3v) is 5.90. The molecule has 2 aromatic rings. The van der Waals surface area contributed by atoms with Crippen LogP contribution in [0.1, 0.15) is 37.3 Å². The minimum atomic E-state index is -3.69. The van der Waals surface area contributed by atoms with Gasteiger partial charge in [-0.15, -0.1) is 0 Å². The molecule has 0 aliphatic carbocycles. The number of anilines is 2. The maximum Gasteiger partial charge on any atom is 0.261 e. The van der Waals surface area contributed by atoms with Gasteiger partial charge in [0, 0.05) is 19.2 Å². The van der Waals surface area contributed by atoms with Gasteiger partial charge in [-0.1, -0.05) is 32.0 Å². The molecule has 0 bridgehead atoms. The summed E-state index contributed by atoms with van der Waals surface area (Å²) >= 11 is 0. The van der Waals surface area contributed by atoms with Crippen LogP contribution in [0.3, 0.4) is 0 Å². The van der Waals surface area contributed by atoms with Crippen molar-refractivity contribution in [3.05, 3.63) is 53.6 Å².